The lowest BCUT2D eigenvalue weighted by Crippen LogP contribution is -2.47. The monoisotopic (exact) mass is 301 g/mol. The Morgan fingerprint density at radius 3 is 2.85 bits per heavy atom. The van der Waals surface area contributed by atoms with Gasteiger partial charge >= 0.3 is 0 Å². The van der Waals surface area contributed by atoms with E-state index in [-0.39, 0.29) is 12.1 Å². The van der Waals surface area contributed by atoms with Crippen LogP contribution in [0.1, 0.15) is 31.9 Å². The van der Waals surface area contributed by atoms with Gasteiger partial charge in [0.1, 0.15) is 0 Å². The third-order valence-electron chi connectivity index (χ3n) is 3.52. The van der Waals surface area contributed by atoms with Crippen LogP contribution in [0.3, 0.4) is 0 Å². The summed E-state index contributed by atoms with van der Waals surface area (Å²) in [5.41, 5.74) is 0.877. The zero-order chi connectivity index (χ0) is 14.6. The van der Waals surface area contributed by atoms with Gasteiger partial charge in [0.05, 0.1) is 11.0 Å². The molecule has 0 radical (unpaired) electrons. The van der Waals surface area contributed by atoms with Crippen molar-refractivity contribution in [3.05, 3.63) is 18.0 Å². The molecule has 3 N–H and O–H groups in total. The van der Waals surface area contributed by atoms with Gasteiger partial charge in [-0.3, -0.25) is 0 Å². The van der Waals surface area contributed by atoms with Crippen LogP contribution >= 0.6 is 0 Å². The number of sulfonamides is 1. The van der Waals surface area contributed by atoms with E-state index in [0.29, 0.717) is 11.4 Å². The molecule has 0 aromatic carbocycles. The van der Waals surface area contributed by atoms with Crippen molar-refractivity contribution < 1.29 is 13.2 Å². The molecular weight excluding hydrogens is 278 g/mol. The van der Waals surface area contributed by atoms with Crippen molar-refractivity contribution in [2.75, 3.05) is 13.7 Å². The van der Waals surface area contributed by atoms with Crippen LogP contribution in [-0.4, -0.2) is 39.2 Å². The predicted octanol–water partition coefficient (Wildman–Crippen LogP) is 0.970. The maximum Gasteiger partial charge on any atom is 0.242 e. The Balaban J connectivity index is 1.89. The number of nitrogens with one attached hydrogen (secondary N) is 3. The molecule has 1 aromatic heterocycles. The second-order valence-corrected chi connectivity index (χ2v) is 6.90. The van der Waals surface area contributed by atoms with E-state index in [1.54, 1.807) is 13.2 Å². The number of methoxy groups -OCH3 is 1. The van der Waals surface area contributed by atoms with Crippen molar-refractivity contribution in [3.63, 3.8) is 0 Å². The van der Waals surface area contributed by atoms with Crippen molar-refractivity contribution in [1.82, 2.24) is 15.0 Å². The SMILES string of the molecule is CCCNCc1cc(S(=O)(=O)NC2CC(OC)C2)c[nH]1. The number of H-pyrrole nitrogens is 1. The molecule has 0 bridgehead atoms. The van der Waals surface area contributed by atoms with E-state index >= 15 is 0 Å². The lowest BCUT2D eigenvalue weighted by molar-refractivity contribution is 0.0236. The molecule has 0 aliphatic heterocycles. The molecule has 1 fully saturated rings. The molecule has 1 aliphatic carbocycles. The van der Waals surface area contributed by atoms with Crippen LogP contribution in [0.25, 0.3) is 0 Å². The van der Waals surface area contributed by atoms with Crippen molar-refractivity contribution >= 4 is 10.0 Å². The molecule has 0 atom stereocenters. The first kappa shape index (κ1) is 15.5. The average molecular weight is 301 g/mol. The van der Waals surface area contributed by atoms with Gasteiger partial charge in [0.15, 0.2) is 0 Å². The second kappa shape index (κ2) is 6.71. The number of aromatic nitrogens is 1. The molecule has 20 heavy (non-hydrogen) atoms. The van der Waals surface area contributed by atoms with Crippen LogP contribution in [-0.2, 0) is 21.3 Å². The second-order valence-electron chi connectivity index (χ2n) is 5.18. The third kappa shape index (κ3) is 3.82. The summed E-state index contributed by atoms with van der Waals surface area (Å²) in [5, 5.41) is 3.23. The van der Waals surface area contributed by atoms with Crippen LogP contribution in [0.15, 0.2) is 17.2 Å². The molecule has 1 saturated carbocycles. The maximum atomic E-state index is 12.2. The Morgan fingerprint density at radius 1 is 1.45 bits per heavy atom. The van der Waals surface area contributed by atoms with Gasteiger partial charge in [-0.05, 0) is 31.9 Å². The van der Waals surface area contributed by atoms with Gasteiger partial charge in [-0.25, -0.2) is 13.1 Å². The first-order valence-electron chi connectivity index (χ1n) is 6.98. The Morgan fingerprint density at radius 2 is 2.20 bits per heavy atom. The van der Waals surface area contributed by atoms with Gasteiger partial charge in [-0.15, -0.1) is 0 Å². The van der Waals surface area contributed by atoms with E-state index in [1.165, 1.54) is 6.20 Å². The van der Waals surface area contributed by atoms with Crippen molar-refractivity contribution in [2.45, 2.75) is 49.8 Å². The molecule has 6 nitrogen and oxygen atoms in total. The summed E-state index contributed by atoms with van der Waals surface area (Å²) in [6.07, 6.45) is 4.26. The van der Waals surface area contributed by atoms with Crippen LogP contribution in [0.5, 0.6) is 0 Å². The fourth-order valence-electron chi connectivity index (χ4n) is 2.22. The molecule has 0 saturated heterocycles. The van der Waals surface area contributed by atoms with Crippen molar-refractivity contribution in [2.24, 2.45) is 0 Å². The number of aromatic amines is 1. The van der Waals surface area contributed by atoms with Crippen molar-refractivity contribution in [1.29, 1.82) is 0 Å². The summed E-state index contributed by atoms with van der Waals surface area (Å²) in [5.74, 6) is 0. The molecule has 2 rings (SSSR count). The summed E-state index contributed by atoms with van der Waals surface area (Å²) in [7, 11) is -1.78. The van der Waals surface area contributed by atoms with E-state index in [2.05, 4.69) is 21.9 Å². The first-order valence-corrected chi connectivity index (χ1v) is 8.46. The van der Waals surface area contributed by atoms with Crippen LogP contribution in [0.2, 0.25) is 0 Å². The molecule has 1 heterocycles. The lowest BCUT2D eigenvalue weighted by Gasteiger charge is -2.34. The van der Waals surface area contributed by atoms with Crippen LogP contribution < -0.4 is 10.0 Å². The highest BCUT2D eigenvalue weighted by Gasteiger charge is 2.32. The smallest absolute Gasteiger partial charge is 0.242 e. The van der Waals surface area contributed by atoms with Gasteiger partial charge in [0.2, 0.25) is 10.0 Å². The number of rotatable bonds is 8. The zero-order valence-corrected chi connectivity index (χ0v) is 12.8. The summed E-state index contributed by atoms with van der Waals surface area (Å²) in [6.45, 7) is 3.66. The standard InChI is InChI=1S/C13H23N3O3S/c1-3-4-14-8-11-7-13(9-15-11)20(17,18)16-10-5-12(6-10)19-2/h7,9-10,12,14-16H,3-6,8H2,1-2H3. The molecule has 0 unspecified atom stereocenters. The van der Waals surface area contributed by atoms with Crippen LogP contribution in [0, 0.1) is 0 Å². The maximum absolute atomic E-state index is 12.2. The third-order valence-corrected chi connectivity index (χ3v) is 5.02. The quantitative estimate of drug-likeness (QED) is 0.625. The number of hydrogen-bond acceptors (Lipinski definition) is 4. The normalized spacial score (nSPS) is 22.7. The Hall–Kier alpha value is -0.890. The summed E-state index contributed by atoms with van der Waals surface area (Å²) in [6, 6.07) is 1.67. The van der Waals surface area contributed by atoms with Gasteiger partial charge in [-0.1, -0.05) is 6.92 Å². The highest BCUT2D eigenvalue weighted by molar-refractivity contribution is 7.89. The number of hydrogen-bond donors (Lipinski definition) is 3. The minimum absolute atomic E-state index is 0.0125. The van der Waals surface area contributed by atoms with E-state index < -0.39 is 10.0 Å². The predicted molar refractivity (Wildman–Crippen MR) is 76.9 cm³/mol. The minimum atomic E-state index is -3.43. The Bertz CT molecular complexity index is 521. The highest BCUT2D eigenvalue weighted by Crippen LogP contribution is 2.24. The topological polar surface area (TPSA) is 83.2 Å². The highest BCUT2D eigenvalue weighted by atomic mass is 32.2. The molecule has 114 valence electrons. The molecule has 0 amide bonds. The Kier molecular flexibility index (Phi) is 5.20. The Labute approximate surface area is 120 Å². The lowest BCUT2D eigenvalue weighted by atomic mass is 9.90. The summed E-state index contributed by atoms with van der Waals surface area (Å²) in [4.78, 5) is 3.29. The molecule has 1 aromatic rings. The number of ether oxygens (including phenoxy) is 1. The van der Waals surface area contributed by atoms with Crippen LogP contribution in [0.4, 0.5) is 0 Å². The fourth-order valence-corrected chi connectivity index (χ4v) is 3.50. The van der Waals surface area contributed by atoms with E-state index in [0.717, 1.165) is 31.5 Å². The van der Waals surface area contributed by atoms with Gasteiger partial charge < -0.3 is 15.0 Å². The van der Waals surface area contributed by atoms with E-state index in [1.807, 2.05) is 0 Å². The first-order chi connectivity index (χ1) is 9.55. The largest absolute Gasteiger partial charge is 0.381 e. The van der Waals surface area contributed by atoms with E-state index in [9.17, 15) is 8.42 Å². The minimum Gasteiger partial charge on any atom is -0.381 e. The molecular formula is C13H23N3O3S. The molecule has 1 aliphatic rings. The molecule has 7 heteroatoms. The van der Waals surface area contributed by atoms with Gasteiger partial charge in [-0.2, -0.15) is 0 Å². The average Bonchev–Trinajstić information content (AvgIpc) is 2.83. The van der Waals surface area contributed by atoms with Gasteiger partial charge in [0, 0.05) is 31.6 Å². The fraction of sp³-hybridized carbons (Fsp3) is 0.692. The van der Waals surface area contributed by atoms with E-state index in [4.69, 9.17) is 4.74 Å². The van der Waals surface area contributed by atoms with Gasteiger partial charge in [0.25, 0.3) is 0 Å². The molecule has 0 spiro atoms. The summed E-state index contributed by atoms with van der Waals surface area (Å²) >= 11 is 0. The zero-order valence-electron chi connectivity index (χ0n) is 12.0. The van der Waals surface area contributed by atoms with Crippen molar-refractivity contribution in [3.8, 4) is 0 Å². The summed E-state index contributed by atoms with van der Waals surface area (Å²) < 4.78 is 32.2.